The van der Waals surface area contributed by atoms with Crippen LogP contribution in [0.15, 0.2) is 39.6 Å². The van der Waals surface area contributed by atoms with Gasteiger partial charge in [-0.05, 0) is 12.2 Å². The van der Waals surface area contributed by atoms with E-state index in [9.17, 15) is 0 Å². The Morgan fingerprint density at radius 2 is 1.56 bits per heavy atom. The highest BCUT2D eigenvalue weighted by Crippen LogP contribution is 2.33. The summed E-state index contributed by atoms with van der Waals surface area (Å²) in [5.74, 6) is -1.76. The van der Waals surface area contributed by atoms with Crippen molar-refractivity contribution in [3.63, 3.8) is 0 Å². The second-order valence-electron chi connectivity index (χ2n) is 8.35. The van der Waals surface area contributed by atoms with Gasteiger partial charge in [-0.15, -0.1) is 0 Å². The maximum Gasteiger partial charge on any atom is 0.276 e. The maximum absolute atomic E-state index is 15.4. The molecule has 0 bridgehead atoms. The van der Waals surface area contributed by atoms with E-state index in [1.807, 2.05) is 41.5 Å². The predicted octanol–water partition coefficient (Wildman–Crippen LogP) is 4.58. The number of nitrogens with zero attached hydrogens (tertiary/aromatic N) is 2. The number of oxazole rings is 2. The van der Waals surface area contributed by atoms with E-state index in [2.05, 4.69) is 15.3 Å². The first-order chi connectivity index (χ1) is 11.5. The number of alkyl halides is 1. The van der Waals surface area contributed by atoms with Crippen LogP contribution in [0.2, 0.25) is 0 Å². The average molecular weight is 345 g/mol. The Kier molecular flexibility index (Phi) is 3.89. The zero-order valence-corrected chi connectivity index (χ0v) is 15.5. The lowest BCUT2D eigenvalue weighted by Crippen LogP contribution is -2.37. The van der Waals surface area contributed by atoms with Crippen LogP contribution in [0.3, 0.4) is 0 Å². The number of dihydropyridines is 1. The molecule has 2 aromatic rings. The fraction of sp³-hybridized carbons (Fsp3) is 0.474. The molecule has 0 spiro atoms. The Morgan fingerprint density at radius 1 is 0.960 bits per heavy atom. The van der Waals surface area contributed by atoms with Gasteiger partial charge in [-0.3, -0.25) is 0 Å². The first-order valence-corrected chi connectivity index (χ1v) is 8.28. The molecule has 1 N–H and O–H groups in total. The second-order valence-corrected chi connectivity index (χ2v) is 8.35. The lowest BCUT2D eigenvalue weighted by molar-refractivity contribution is 0.156. The van der Waals surface area contributed by atoms with Gasteiger partial charge in [-0.25, -0.2) is 14.4 Å². The molecule has 0 fully saturated rings. The first kappa shape index (κ1) is 17.5. The van der Waals surface area contributed by atoms with Crippen molar-refractivity contribution in [1.29, 1.82) is 0 Å². The molecule has 1 atom stereocenters. The van der Waals surface area contributed by atoms with E-state index in [1.54, 1.807) is 18.4 Å². The summed E-state index contributed by atoms with van der Waals surface area (Å²) >= 11 is 0. The molecule has 3 rings (SSSR count). The van der Waals surface area contributed by atoms with Crippen molar-refractivity contribution >= 4 is 5.70 Å². The molecule has 0 saturated heterocycles. The van der Waals surface area contributed by atoms with E-state index in [0.717, 1.165) is 5.69 Å². The Hall–Kier alpha value is -2.37. The topological polar surface area (TPSA) is 64.1 Å². The highest BCUT2D eigenvalue weighted by Gasteiger charge is 2.39. The monoisotopic (exact) mass is 345 g/mol. The summed E-state index contributed by atoms with van der Waals surface area (Å²) in [5, 5.41) is 2.79. The van der Waals surface area contributed by atoms with Gasteiger partial charge in [-0.2, -0.15) is 0 Å². The van der Waals surface area contributed by atoms with Gasteiger partial charge in [0, 0.05) is 10.8 Å². The number of rotatable bonds is 2. The van der Waals surface area contributed by atoms with Crippen molar-refractivity contribution in [3.05, 3.63) is 53.9 Å². The Labute approximate surface area is 147 Å². The highest BCUT2D eigenvalue weighted by molar-refractivity contribution is 5.62. The minimum atomic E-state index is -2.05. The largest absolute Gasteiger partial charge is 0.444 e. The number of hydrogen-bond acceptors (Lipinski definition) is 5. The van der Waals surface area contributed by atoms with Crippen LogP contribution in [0.1, 0.15) is 64.7 Å². The Balaban J connectivity index is 1.88. The SMILES string of the molecule is CC(C)(C)c1coc(C2=CC=C[C@@](F)(c3nc(C(C)(C)C)co3)N2)n1. The highest BCUT2D eigenvalue weighted by atomic mass is 19.1. The fourth-order valence-electron chi connectivity index (χ4n) is 2.33. The normalized spacial score (nSPS) is 21.2. The lowest BCUT2D eigenvalue weighted by Gasteiger charge is -2.24. The molecule has 134 valence electrons. The van der Waals surface area contributed by atoms with Gasteiger partial charge in [0.05, 0.1) is 11.4 Å². The zero-order chi connectivity index (χ0) is 18.5. The zero-order valence-electron chi connectivity index (χ0n) is 15.5. The maximum atomic E-state index is 15.4. The van der Waals surface area contributed by atoms with Crippen LogP contribution >= 0.6 is 0 Å². The standard InChI is InChI=1S/C19H24FN3O2/c1-17(2,3)13-10-24-15(21-13)12-8-7-9-19(20,23-12)16-22-14(11-25-16)18(4,5)6/h7-11,23H,1-6H3/t19-/m0/s1. The molecule has 1 aliphatic rings. The molecule has 6 heteroatoms. The summed E-state index contributed by atoms with van der Waals surface area (Å²) < 4.78 is 26.3. The molecule has 0 aromatic carbocycles. The molecule has 0 amide bonds. The van der Waals surface area contributed by atoms with Gasteiger partial charge < -0.3 is 14.2 Å². The molecule has 0 unspecified atom stereocenters. The lowest BCUT2D eigenvalue weighted by atomic mass is 9.93. The Bertz CT molecular complexity index is 833. The van der Waals surface area contributed by atoms with E-state index in [1.165, 1.54) is 12.3 Å². The smallest absolute Gasteiger partial charge is 0.276 e. The number of hydrogen-bond donors (Lipinski definition) is 1. The average Bonchev–Trinajstić information content (AvgIpc) is 3.16. The number of halogens is 1. The van der Waals surface area contributed by atoms with Gasteiger partial charge in [0.1, 0.15) is 18.2 Å². The quantitative estimate of drug-likeness (QED) is 0.807. The molecule has 0 radical (unpaired) electrons. The van der Waals surface area contributed by atoms with E-state index in [0.29, 0.717) is 17.3 Å². The fourth-order valence-corrected chi connectivity index (χ4v) is 2.33. The van der Waals surface area contributed by atoms with Gasteiger partial charge >= 0.3 is 0 Å². The van der Waals surface area contributed by atoms with E-state index < -0.39 is 5.79 Å². The van der Waals surface area contributed by atoms with Gasteiger partial charge in [0.15, 0.2) is 0 Å². The molecule has 25 heavy (non-hydrogen) atoms. The van der Waals surface area contributed by atoms with E-state index in [4.69, 9.17) is 8.83 Å². The van der Waals surface area contributed by atoms with Crippen LogP contribution in [0.25, 0.3) is 5.70 Å². The minimum absolute atomic E-state index is 0.0399. The van der Waals surface area contributed by atoms with Gasteiger partial charge in [0.2, 0.25) is 5.89 Å². The third-order valence-electron chi connectivity index (χ3n) is 3.99. The van der Waals surface area contributed by atoms with Crippen molar-refractivity contribution in [1.82, 2.24) is 15.3 Å². The molecule has 0 aliphatic carbocycles. The molecule has 2 aromatic heterocycles. The molecular weight excluding hydrogens is 321 g/mol. The Morgan fingerprint density at radius 3 is 2.12 bits per heavy atom. The number of allylic oxidation sites excluding steroid dienone is 2. The summed E-state index contributed by atoms with van der Waals surface area (Å²) in [6, 6.07) is 0. The van der Waals surface area contributed by atoms with Crippen LogP contribution in [0.4, 0.5) is 4.39 Å². The van der Waals surface area contributed by atoms with Crippen molar-refractivity contribution < 1.29 is 13.2 Å². The molecular formula is C19H24FN3O2. The first-order valence-electron chi connectivity index (χ1n) is 8.28. The van der Waals surface area contributed by atoms with E-state index >= 15 is 4.39 Å². The second kappa shape index (κ2) is 5.58. The van der Waals surface area contributed by atoms with Crippen molar-refractivity contribution in [2.45, 2.75) is 58.2 Å². The molecule has 3 heterocycles. The third kappa shape index (κ3) is 3.38. The van der Waals surface area contributed by atoms with Gasteiger partial charge in [0.25, 0.3) is 11.7 Å². The summed E-state index contributed by atoms with van der Waals surface area (Å²) in [4.78, 5) is 8.78. The van der Waals surface area contributed by atoms with Gasteiger partial charge in [-0.1, -0.05) is 47.6 Å². The van der Waals surface area contributed by atoms with Crippen LogP contribution in [-0.4, -0.2) is 9.97 Å². The predicted molar refractivity (Wildman–Crippen MR) is 93.4 cm³/mol. The summed E-state index contributed by atoms with van der Waals surface area (Å²) in [5.41, 5.74) is 1.56. The van der Waals surface area contributed by atoms with Crippen LogP contribution in [0, 0.1) is 0 Å². The van der Waals surface area contributed by atoms with Crippen LogP contribution < -0.4 is 5.32 Å². The summed E-state index contributed by atoms with van der Waals surface area (Å²) in [6.45, 7) is 12.1. The van der Waals surface area contributed by atoms with E-state index in [-0.39, 0.29) is 16.7 Å². The van der Waals surface area contributed by atoms with Crippen LogP contribution in [-0.2, 0) is 16.6 Å². The van der Waals surface area contributed by atoms with Crippen molar-refractivity contribution in [2.75, 3.05) is 0 Å². The van der Waals surface area contributed by atoms with Crippen molar-refractivity contribution in [3.8, 4) is 0 Å². The summed E-state index contributed by atoms with van der Waals surface area (Å²) in [7, 11) is 0. The van der Waals surface area contributed by atoms with Crippen molar-refractivity contribution in [2.24, 2.45) is 0 Å². The summed E-state index contributed by atoms with van der Waals surface area (Å²) in [6.07, 6.45) is 7.77. The van der Waals surface area contributed by atoms with Crippen LogP contribution in [0.5, 0.6) is 0 Å². The molecule has 0 saturated carbocycles. The number of nitrogens with one attached hydrogen (secondary N) is 1. The number of aromatic nitrogens is 2. The molecule has 5 nitrogen and oxygen atoms in total. The molecule has 1 aliphatic heterocycles. The minimum Gasteiger partial charge on any atom is -0.444 e. The third-order valence-corrected chi connectivity index (χ3v) is 3.99.